The Bertz CT molecular complexity index is 1000. The van der Waals surface area contributed by atoms with Gasteiger partial charge in [-0.3, -0.25) is 4.79 Å². The van der Waals surface area contributed by atoms with Gasteiger partial charge in [-0.2, -0.15) is 4.98 Å². The van der Waals surface area contributed by atoms with Crippen molar-refractivity contribution in [1.29, 1.82) is 0 Å². The minimum Gasteiger partial charge on any atom is -0.399 e. The quantitative estimate of drug-likeness (QED) is 0.302. The Hall–Kier alpha value is -2.88. The number of nitrogens with two attached hydrogens (primary N) is 1. The maximum absolute atomic E-state index is 12.1. The number of carbonyl (C=O) groups is 1. The van der Waals surface area contributed by atoms with E-state index in [1.165, 1.54) is 0 Å². The Morgan fingerprint density at radius 3 is 2.46 bits per heavy atom. The molecule has 5 N–H and O–H groups in total. The van der Waals surface area contributed by atoms with Gasteiger partial charge in [-0.25, -0.2) is 4.98 Å². The van der Waals surface area contributed by atoms with Crippen molar-refractivity contribution in [3.63, 3.8) is 0 Å². The van der Waals surface area contributed by atoms with Crippen molar-refractivity contribution in [2.45, 2.75) is 12.8 Å². The summed E-state index contributed by atoms with van der Waals surface area (Å²) in [6.45, 7) is 0. The van der Waals surface area contributed by atoms with Crippen LogP contribution in [-0.4, -0.2) is 15.9 Å². The van der Waals surface area contributed by atoms with Crippen molar-refractivity contribution >= 4 is 63.0 Å². The smallest absolute Gasteiger partial charge is 0.229 e. The summed E-state index contributed by atoms with van der Waals surface area (Å²) in [5.41, 5.74) is 8.78. The fraction of sp³-hybridized carbons (Fsp3) is 0.150. The molecule has 1 saturated carbocycles. The molecule has 0 bridgehead atoms. The summed E-state index contributed by atoms with van der Waals surface area (Å²) in [7, 11) is 0. The first-order valence-corrected chi connectivity index (χ1v) is 9.98. The first-order valence-electron chi connectivity index (χ1n) is 8.90. The summed E-state index contributed by atoms with van der Waals surface area (Å²) in [5, 5.41) is 9.47. The zero-order valence-electron chi connectivity index (χ0n) is 14.9. The number of amides is 1. The van der Waals surface area contributed by atoms with E-state index in [0.717, 1.165) is 33.5 Å². The van der Waals surface area contributed by atoms with Gasteiger partial charge < -0.3 is 21.7 Å². The van der Waals surface area contributed by atoms with Crippen molar-refractivity contribution in [3.05, 3.63) is 58.3 Å². The number of nitrogen functional groups attached to an aromatic ring is 1. The molecule has 7 nitrogen and oxygen atoms in total. The Morgan fingerprint density at radius 1 is 1.04 bits per heavy atom. The highest BCUT2D eigenvalue weighted by Gasteiger charge is 2.29. The molecule has 4 rings (SSSR count). The maximum atomic E-state index is 12.1. The highest BCUT2D eigenvalue weighted by Crippen LogP contribution is 2.32. The topological polar surface area (TPSA) is 105 Å². The van der Waals surface area contributed by atoms with E-state index in [2.05, 4.69) is 48.5 Å². The lowest BCUT2D eigenvalue weighted by Crippen LogP contribution is -2.14. The molecule has 0 radical (unpaired) electrons. The lowest BCUT2D eigenvalue weighted by molar-refractivity contribution is -0.117. The van der Waals surface area contributed by atoms with Gasteiger partial charge in [0.25, 0.3) is 0 Å². The highest BCUT2D eigenvalue weighted by molar-refractivity contribution is 14.1. The van der Waals surface area contributed by atoms with E-state index in [4.69, 9.17) is 5.73 Å². The molecule has 0 aliphatic heterocycles. The zero-order valence-corrected chi connectivity index (χ0v) is 17.1. The molecular formula is C20H19IN6O. The molecule has 1 amide bonds. The molecule has 3 aromatic rings. The third kappa shape index (κ3) is 4.50. The molecule has 2 aromatic carbocycles. The van der Waals surface area contributed by atoms with Crippen molar-refractivity contribution in [3.8, 4) is 0 Å². The Morgan fingerprint density at radius 2 is 1.75 bits per heavy atom. The molecule has 0 spiro atoms. The molecule has 28 heavy (non-hydrogen) atoms. The Balaban J connectivity index is 1.54. The van der Waals surface area contributed by atoms with E-state index < -0.39 is 0 Å². The van der Waals surface area contributed by atoms with Gasteiger partial charge in [0.2, 0.25) is 11.9 Å². The molecule has 1 heterocycles. The monoisotopic (exact) mass is 486 g/mol. The first-order chi connectivity index (χ1) is 13.6. The van der Waals surface area contributed by atoms with Crippen LogP contribution in [0.15, 0.2) is 54.7 Å². The molecule has 0 unspecified atom stereocenters. The van der Waals surface area contributed by atoms with E-state index in [-0.39, 0.29) is 11.8 Å². The number of para-hydroxylation sites is 2. The Kier molecular flexibility index (Phi) is 5.29. The van der Waals surface area contributed by atoms with E-state index >= 15 is 0 Å². The van der Waals surface area contributed by atoms with Crippen LogP contribution < -0.4 is 21.7 Å². The third-order valence-corrected chi connectivity index (χ3v) is 5.09. The SMILES string of the molecule is Nc1ccc(Nc2ncc(I)c(Nc3ccccc3NC(=O)C3CC3)n2)cc1. The fourth-order valence-electron chi connectivity index (χ4n) is 2.62. The second kappa shape index (κ2) is 8.01. The molecule has 1 aromatic heterocycles. The van der Waals surface area contributed by atoms with Crippen LogP contribution in [0.3, 0.4) is 0 Å². The van der Waals surface area contributed by atoms with Gasteiger partial charge in [-0.1, -0.05) is 12.1 Å². The molecular weight excluding hydrogens is 467 g/mol. The van der Waals surface area contributed by atoms with Crippen LogP contribution in [0.5, 0.6) is 0 Å². The number of nitrogens with one attached hydrogen (secondary N) is 3. The van der Waals surface area contributed by atoms with Gasteiger partial charge in [0, 0.05) is 23.5 Å². The molecule has 1 aliphatic carbocycles. The normalized spacial score (nSPS) is 13.0. The maximum Gasteiger partial charge on any atom is 0.229 e. The average Bonchev–Trinajstić information content (AvgIpc) is 3.53. The van der Waals surface area contributed by atoms with Gasteiger partial charge in [0.05, 0.1) is 14.9 Å². The standard InChI is InChI=1S/C20H19IN6O/c21-15-11-23-20(24-14-9-7-13(22)8-10-14)27-18(15)25-16-3-1-2-4-17(16)26-19(28)12-5-6-12/h1-4,7-12H,5-6,22H2,(H,26,28)(H2,23,24,25,27). The second-order valence-corrected chi connectivity index (χ2v) is 7.73. The van der Waals surface area contributed by atoms with Gasteiger partial charge in [0.15, 0.2) is 0 Å². The highest BCUT2D eigenvalue weighted by atomic mass is 127. The van der Waals surface area contributed by atoms with Crippen LogP contribution in [0, 0.1) is 9.49 Å². The summed E-state index contributed by atoms with van der Waals surface area (Å²) in [6.07, 6.45) is 3.66. The van der Waals surface area contributed by atoms with Crippen molar-refractivity contribution in [1.82, 2.24) is 9.97 Å². The number of nitrogens with zero attached hydrogens (tertiary/aromatic N) is 2. The Labute approximate surface area is 176 Å². The molecule has 1 fully saturated rings. The minimum absolute atomic E-state index is 0.0670. The number of carbonyl (C=O) groups excluding carboxylic acids is 1. The van der Waals surface area contributed by atoms with Crippen LogP contribution in [0.25, 0.3) is 0 Å². The van der Waals surface area contributed by atoms with Gasteiger partial charge >= 0.3 is 0 Å². The number of hydrogen-bond donors (Lipinski definition) is 4. The van der Waals surface area contributed by atoms with E-state index in [1.807, 2.05) is 48.5 Å². The van der Waals surface area contributed by atoms with E-state index in [0.29, 0.717) is 17.5 Å². The van der Waals surface area contributed by atoms with Gasteiger partial charge in [-0.15, -0.1) is 0 Å². The van der Waals surface area contributed by atoms with E-state index in [1.54, 1.807) is 6.20 Å². The zero-order chi connectivity index (χ0) is 19.5. The number of halogens is 1. The minimum atomic E-state index is 0.0670. The predicted molar refractivity (Wildman–Crippen MR) is 120 cm³/mol. The molecule has 0 saturated heterocycles. The van der Waals surface area contributed by atoms with Crippen molar-refractivity contribution in [2.24, 2.45) is 5.92 Å². The largest absolute Gasteiger partial charge is 0.399 e. The fourth-order valence-corrected chi connectivity index (χ4v) is 3.01. The summed E-state index contributed by atoms with van der Waals surface area (Å²) in [5.74, 6) is 1.33. The number of anilines is 6. The third-order valence-electron chi connectivity index (χ3n) is 4.30. The number of rotatable bonds is 6. The molecule has 142 valence electrons. The van der Waals surface area contributed by atoms with Crippen LogP contribution in [0.1, 0.15) is 12.8 Å². The van der Waals surface area contributed by atoms with Crippen LogP contribution in [0.4, 0.5) is 34.5 Å². The number of benzene rings is 2. The van der Waals surface area contributed by atoms with Gasteiger partial charge in [0.1, 0.15) is 5.82 Å². The first kappa shape index (κ1) is 18.5. The average molecular weight is 486 g/mol. The molecule has 0 atom stereocenters. The summed E-state index contributed by atoms with van der Waals surface area (Å²) < 4.78 is 0.865. The predicted octanol–water partition coefficient (Wildman–Crippen LogP) is 4.50. The number of hydrogen-bond acceptors (Lipinski definition) is 6. The lowest BCUT2D eigenvalue weighted by atomic mass is 10.2. The summed E-state index contributed by atoms with van der Waals surface area (Å²) >= 11 is 2.18. The lowest BCUT2D eigenvalue weighted by Gasteiger charge is -2.14. The summed E-state index contributed by atoms with van der Waals surface area (Å²) in [4.78, 5) is 21.0. The van der Waals surface area contributed by atoms with Crippen LogP contribution >= 0.6 is 22.6 Å². The van der Waals surface area contributed by atoms with Crippen LogP contribution in [-0.2, 0) is 4.79 Å². The summed E-state index contributed by atoms with van der Waals surface area (Å²) in [6, 6.07) is 15.0. The van der Waals surface area contributed by atoms with Crippen LogP contribution in [0.2, 0.25) is 0 Å². The van der Waals surface area contributed by atoms with Gasteiger partial charge in [-0.05, 0) is 71.8 Å². The van der Waals surface area contributed by atoms with E-state index in [9.17, 15) is 4.79 Å². The molecule has 8 heteroatoms. The second-order valence-electron chi connectivity index (χ2n) is 6.57. The van der Waals surface area contributed by atoms with Crippen molar-refractivity contribution < 1.29 is 4.79 Å². The number of aromatic nitrogens is 2. The molecule has 1 aliphatic rings. The van der Waals surface area contributed by atoms with Crippen molar-refractivity contribution in [2.75, 3.05) is 21.7 Å².